The zero-order chi connectivity index (χ0) is 23.8. The summed E-state index contributed by atoms with van der Waals surface area (Å²) < 4.78 is 28.3. The number of esters is 1. The first-order chi connectivity index (χ1) is 15.7. The van der Waals surface area contributed by atoms with Gasteiger partial charge >= 0.3 is 5.97 Å². The fourth-order valence-corrected chi connectivity index (χ4v) is 5.73. The van der Waals surface area contributed by atoms with E-state index in [0.717, 1.165) is 4.90 Å². The molecular formula is C23H22N2O7S. The molecule has 0 aromatic heterocycles. The van der Waals surface area contributed by atoms with Crippen molar-refractivity contribution < 1.29 is 32.3 Å². The maximum Gasteiger partial charge on any atom is 0.338 e. The van der Waals surface area contributed by atoms with Crippen molar-refractivity contribution in [1.29, 1.82) is 0 Å². The lowest BCUT2D eigenvalue weighted by Gasteiger charge is -2.23. The summed E-state index contributed by atoms with van der Waals surface area (Å²) in [4.78, 5) is 52.3. The van der Waals surface area contributed by atoms with Crippen LogP contribution < -0.4 is 0 Å². The Morgan fingerprint density at radius 3 is 2.33 bits per heavy atom. The molecule has 2 aromatic carbocycles. The molecule has 9 nitrogen and oxygen atoms in total. The number of rotatable bonds is 6. The molecule has 4 rings (SSSR count). The third-order valence-corrected chi connectivity index (χ3v) is 7.61. The summed E-state index contributed by atoms with van der Waals surface area (Å²) in [6, 6.07) is 12.4. The van der Waals surface area contributed by atoms with Crippen LogP contribution in [0.3, 0.4) is 0 Å². The van der Waals surface area contributed by atoms with Crippen molar-refractivity contribution >= 4 is 33.5 Å². The maximum atomic E-state index is 12.6. The summed E-state index contributed by atoms with van der Waals surface area (Å²) in [5.41, 5.74) is 1.41. The Bertz CT molecular complexity index is 1220. The normalized spacial score (nSPS) is 18.8. The predicted molar refractivity (Wildman–Crippen MR) is 117 cm³/mol. The maximum absolute atomic E-state index is 12.6. The highest BCUT2D eigenvalue weighted by Crippen LogP contribution is 2.24. The summed E-state index contributed by atoms with van der Waals surface area (Å²) in [5, 5.41) is 0. The van der Waals surface area contributed by atoms with Crippen molar-refractivity contribution in [1.82, 2.24) is 9.80 Å². The van der Waals surface area contributed by atoms with Crippen LogP contribution in [0.25, 0.3) is 0 Å². The number of carbonyl (C=O) groups excluding carboxylic acids is 4. The Labute approximate surface area is 190 Å². The van der Waals surface area contributed by atoms with E-state index in [1.807, 2.05) is 0 Å². The second-order valence-corrected chi connectivity index (χ2v) is 10.3. The van der Waals surface area contributed by atoms with Gasteiger partial charge in [0.2, 0.25) is 0 Å². The van der Waals surface area contributed by atoms with Gasteiger partial charge in [-0.05, 0) is 36.2 Å². The third-order valence-electron chi connectivity index (χ3n) is 5.86. The number of carbonyl (C=O) groups is 4. The fraction of sp³-hybridized carbons (Fsp3) is 0.304. The monoisotopic (exact) mass is 470 g/mol. The van der Waals surface area contributed by atoms with Crippen LogP contribution in [0.4, 0.5) is 0 Å². The second kappa shape index (κ2) is 8.78. The minimum Gasteiger partial charge on any atom is -0.452 e. The number of nitrogens with zero attached hydrogens (tertiary/aromatic N) is 2. The molecule has 2 heterocycles. The lowest BCUT2D eigenvalue weighted by molar-refractivity contribution is -0.134. The van der Waals surface area contributed by atoms with Gasteiger partial charge < -0.3 is 9.64 Å². The van der Waals surface area contributed by atoms with Crippen LogP contribution in [-0.4, -0.2) is 73.1 Å². The smallest absolute Gasteiger partial charge is 0.338 e. The Balaban J connectivity index is 1.37. The molecule has 0 aliphatic carbocycles. The van der Waals surface area contributed by atoms with Gasteiger partial charge in [0.25, 0.3) is 17.7 Å². The minimum absolute atomic E-state index is 0.00864. The summed E-state index contributed by atoms with van der Waals surface area (Å²) in [6.07, 6.45) is 0.359. The number of sulfone groups is 1. The first kappa shape index (κ1) is 22.7. The van der Waals surface area contributed by atoms with Crippen molar-refractivity contribution in [2.45, 2.75) is 19.0 Å². The van der Waals surface area contributed by atoms with Gasteiger partial charge in [0.05, 0.1) is 34.7 Å². The zero-order valence-corrected chi connectivity index (χ0v) is 18.7. The average molecular weight is 471 g/mol. The second-order valence-electron chi connectivity index (χ2n) is 8.08. The number of benzene rings is 2. The van der Waals surface area contributed by atoms with Crippen molar-refractivity contribution in [3.05, 3.63) is 70.8 Å². The van der Waals surface area contributed by atoms with Gasteiger partial charge in [-0.1, -0.05) is 24.3 Å². The summed E-state index contributed by atoms with van der Waals surface area (Å²) in [7, 11) is -1.65. The van der Waals surface area contributed by atoms with Crippen molar-refractivity contribution in [2.75, 3.05) is 25.2 Å². The van der Waals surface area contributed by atoms with Gasteiger partial charge in [0, 0.05) is 13.1 Å². The molecule has 1 unspecified atom stereocenters. The molecule has 1 atom stereocenters. The highest BCUT2D eigenvalue weighted by Gasteiger charge is 2.35. The molecule has 2 aliphatic heterocycles. The average Bonchev–Trinajstić information content (AvgIpc) is 3.29. The lowest BCUT2D eigenvalue weighted by atomic mass is 10.1. The van der Waals surface area contributed by atoms with Crippen LogP contribution in [-0.2, 0) is 25.9 Å². The SMILES string of the molecule is CN(C(=O)COC(=O)c1cccc(CN2C(=O)c3ccccc3C2=O)c1)C1CCS(=O)(=O)C1. The van der Waals surface area contributed by atoms with Gasteiger partial charge in [-0.2, -0.15) is 0 Å². The quantitative estimate of drug-likeness (QED) is 0.461. The predicted octanol–water partition coefficient (Wildman–Crippen LogP) is 1.29. The molecule has 0 radical (unpaired) electrons. The summed E-state index contributed by atoms with van der Waals surface area (Å²) in [6.45, 7) is -0.528. The van der Waals surface area contributed by atoms with E-state index in [4.69, 9.17) is 4.74 Å². The molecule has 1 saturated heterocycles. The van der Waals surface area contributed by atoms with E-state index in [9.17, 15) is 27.6 Å². The van der Waals surface area contributed by atoms with Crippen molar-refractivity contribution in [3.63, 3.8) is 0 Å². The minimum atomic E-state index is -3.14. The van der Waals surface area contributed by atoms with Gasteiger partial charge in [-0.15, -0.1) is 0 Å². The van der Waals surface area contributed by atoms with Gasteiger partial charge in [0.15, 0.2) is 16.4 Å². The van der Waals surface area contributed by atoms with E-state index in [2.05, 4.69) is 0 Å². The highest BCUT2D eigenvalue weighted by molar-refractivity contribution is 7.91. The number of amides is 3. The largest absolute Gasteiger partial charge is 0.452 e. The summed E-state index contributed by atoms with van der Waals surface area (Å²) >= 11 is 0. The lowest BCUT2D eigenvalue weighted by Crippen LogP contribution is -2.40. The molecule has 10 heteroatoms. The topological polar surface area (TPSA) is 118 Å². The Kier molecular flexibility index (Phi) is 6.03. The van der Waals surface area contributed by atoms with Crippen LogP contribution >= 0.6 is 0 Å². The molecule has 33 heavy (non-hydrogen) atoms. The van der Waals surface area contributed by atoms with Crippen molar-refractivity contribution in [2.24, 2.45) is 0 Å². The number of imide groups is 1. The van der Waals surface area contributed by atoms with Crippen molar-refractivity contribution in [3.8, 4) is 0 Å². The Hall–Kier alpha value is -3.53. The first-order valence-electron chi connectivity index (χ1n) is 10.3. The molecule has 3 amide bonds. The molecule has 0 bridgehead atoms. The van der Waals surface area contributed by atoms with E-state index >= 15 is 0 Å². The summed E-state index contributed by atoms with van der Waals surface area (Å²) in [5.74, 6) is -2.08. The zero-order valence-electron chi connectivity index (χ0n) is 17.9. The Morgan fingerprint density at radius 2 is 1.73 bits per heavy atom. The van der Waals surface area contributed by atoms with E-state index in [1.165, 1.54) is 24.1 Å². The molecule has 1 fully saturated rings. The third kappa shape index (κ3) is 4.65. The van der Waals surface area contributed by atoms with Crippen LogP contribution in [0, 0.1) is 0 Å². The Morgan fingerprint density at radius 1 is 1.06 bits per heavy atom. The molecule has 2 aromatic rings. The fourth-order valence-electron chi connectivity index (χ4n) is 3.96. The number of hydrogen-bond donors (Lipinski definition) is 0. The molecule has 2 aliphatic rings. The molecule has 0 N–H and O–H groups in total. The molecular weight excluding hydrogens is 448 g/mol. The van der Waals surface area contributed by atoms with E-state index in [1.54, 1.807) is 36.4 Å². The van der Waals surface area contributed by atoms with Gasteiger partial charge in [-0.25, -0.2) is 13.2 Å². The van der Waals surface area contributed by atoms with E-state index in [-0.39, 0.29) is 23.6 Å². The number of ether oxygens (including phenoxy) is 1. The number of likely N-dealkylation sites (N-methyl/N-ethyl adjacent to an activating group) is 1. The number of fused-ring (bicyclic) bond motifs is 1. The molecule has 0 saturated carbocycles. The van der Waals surface area contributed by atoms with Crippen LogP contribution in [0.15, 0.2) is 48.5 Å². The number of hydrogen-bond acceptors (Lipinski definition) is 7. The van der Waals surface area contributed by atoms with Crippen LogP contribution in [0.1, 0.15) is 43.1 Å². The highest BCUT2D eigenvalue weighted by atomic mass is 32.2. The van der Waals surface area contributed by atoms with Gasteiger partial charge in [0.1, 0.15) is 0 Å². The standard InChI is InChI=1S/C23H22N2O7S/c1-24(17-9-10-33(30,31)14-17)20(26)13-32-23(29)16-6-4-5-15(11-16)12-25-21(27)18-7-2-3-8-19(18)22(25)28/h2-8,11,17H,9-10,12-14H2,1H3. The van der Waals surface area contributed by atoms with Crippen LogP contribution in [0.2, 0.25) is 0 Å². The van der Waals surface area contributed by atoms with E-state index < -0.39 is 46.2 Å². The molecule has 172 valence electrons. The van der Waals surface area contributed by atoms with E-state index in [0.29, 0.717) is 23.1 Å². The first-order valence-corrected chi connectivity index (χ1v) is 12.2. The molecule has 0 spiro atoms. The van der Waals surface area contributed by atoms with Crippen LogP contribution in [0.5, 0.6) is 0 Å². The van der Waals surface area contributed by atoms with Gasteiger partial charge in [-0.3, -0.25) is 19.3 Å².